The number of esters is 2. The van der Waals surface area contributed by atoms with Crippen LogP contribution in [0.5, 0.6) is 0 Å². The summed E-state index contributed by atoms with van der Waals surface area (Å²) < 4.78 is 29.4. The van der Waals surface area contributed by atoms with Gasteiger partial charge in [0, 0.05) is 18.2 Å². The second-order valence-corrected chi connectivity index (χ2v) is 5.94. The lowest BCUT2D eigenvalue weighted by molar-refractivity contribution is 0.0507. The number of ether oxygens (including phenoxy) is 3. The van der Waals surface area contributed by atoms with Crippen molar-refractivity contribution >= 4 is 29.3 Å². The van der Waals surface area contributed by atoms with Crippen LogP contribution in [0.1, 0.15) is 43.8 Å². The zero-order chi connectivity index (χ0) is 20.8. The van der Waals surface area contributed by atoms with Crippen LogP contribution >= 0.6 is 11.6 Å². The molecule has 8 nitrogen and oxygen atoms in total. The highest BCUT2D eigenvalue weighted by Crippen LogP contribution is 2.20. The molecule has 28 heavy (non-hydrogen) atoms. The van der Waals surface area contributed by atoms with Crippen LogP contribution in [0.4, 0.5) is 4.39 Å². The zero-order valence-electron chi connectivity index (χ0n) is 15.5. The maximum Gasteiger partial charge on any atom is 0.358 e. The maximum atomic E-state index is 13.6. The topological polar surface area (TPSA) is 96.7 Å². The minimum absolute atomic E-state index is 0.0279. The van der Waals surface area contributed by atoms with Crippen molar-refractivity contribution < 1.29 is 33.0 Å². The number of carbonyl (C=O) groups is 3. The maximum absolute atomic E-state index is 13.6. The summed E-state index contributed by atoms with van der Waals surface area (Å²) in [7, 11) is 2.53. The Morgan fingerprint density at radius 3 is 2.50 bits per heavy atom. The second kappa shape index (κ2) is 9.43. The highest BCUT2D eigenvalue weighted by Gasteiger charge is 2.29. The van der Waals surface area contributed by atoms with Crippen molar-refractivity contribution in [2.24, 2.45) is 0 Å². The molecule has 0 atom stereocenters. The molecular formula is C18H18ClFN2O6. The van der Waals surface area contributed by atoms with Crippen LogP contribution in [0.25, 0.3) is 0 Å². The highest BCUT2D eigenvalue weighted by atomic mass is 35.5. The molecule has 2 aromatic rings. The van der Waals surface area contributed by atoms with Crippen LogP contribution in [-0.4, -0.2) is 48.3 Å². The molecule has 0 aliphatic heterocycles. The summed E-state index contributed by atoms with van der Waals surface area (Å²) in [4.78, 5) is 37.0. The Bertz CT molecular complexity index is 912. The van der Waals surface area contributed by atoms with Crippen LogP contribution in [0.3, 0.4) is 0 Å². The lowest BCUT2D eigenvalue weighted by Gasteiger charge is -2.09. The van der Waals surface area contributed by atoms with Crippen LogP contribution < -0.4 is 0 Å². The number of aromatic nitrogens is 2. The largest absolute Gasteiger partial charge is 0.464 e. The standard InChI is InChI=1S/C18H18ClFN2O6/c1-4-28-18(25)16-11(9-26-2)15(17(24)27-3)21-22(16)8-14(23)10-5-6-12(19)13(20)7-10/h5-7H,4,8-9H2,1-3H3. The fourth-order valence-electron chi connectivity index (χ4n) is 2.48. The third-order valence-corrected chi connectivity index (χ3v) is 4.03. The van der Waals surface area contributed by atoms with Gasteiger partial charge in [-0.15, -0.1) is 0 Å². The SMILES string of the molecule is CCOC(=O)c1c(COC)c(C(=O)OC)nn1CC(=O)c1ccc(Cl)c(F)c1. The lowest BCUT2D eigenvalue weighted by Crippen LogP contribution is -2.19. The number of hydrogen-bond acceptors (Lipinski definition) is 7. The predicted octanol–water partition coefficient (Wildman–Crippen LogP) is 2.67. The first kappa shape index (κ1) is 21.5. The number of benzene rings is 1. The van der Waals surface area contributed by atoms with E-state index in [2.05, 4.69) is 9.84 Å². The van der Waals surface area contributed by atoms with Gasteiger partial charge in [-0.25, -0.2) is 18.7 Å². The lowest BCUT2D eigenvalue weighted by atomic mass is 10.1. The molecule has 10 heteroatoms. The van der Waals surface area contributed by atoms with E-state index in [0.717, 1.165) is 17.9 Å². The van der Waals surface area contributed by atoms with E-state index >= 15 is 0 Å². The predicted molar refractivity (Wildman–Crippen MR) is 96.0 cm³/mol. The summed E-state index contributed by atoms with van der Waals surface area (Å²) in [5.41, 5.74) is -0.141. The first-order valence-electron chi connectivity index (χ1n) is 8.16. The van der Waals surface area contributed by atoms with E-state index < -0.39 is 30.1 Å². The minimum atomic E-state index is -0.804. The molecule has 0 saturated heterocycles. The summed E-state index contributed by atoms with van der Waals surface area (Å²) >= 11 is 5.63. The Balaban J connectivity index is 2.51. The Morgan fingerprint density at radius 2 is 1.93 bits per heavy atom. The Hall–Kier alpha value is -2.78. The third-order valence-electron chi connectivity index (χ3n) is 3.72. The Kier molecular flexibility index (Phi) is 7.24. The normalized spacial score (nSPS) is 10.6. The number of ketones is 1. The molecule has 1 aromatic heterocycles. The van der Waals surface area contributed by atoms with Crippen LogP contribution in [-0.2, 0) is 27.4 Å². The average molecular weight is 413 g/mol. The number of hydrogen-bond donors (Lipinski definition) is 0. The number of nitrogens with zero attached hydrogens (tertiary/aromatic N) is 2. The summed E-state index contributed by atoms with van der Waals surface area (Å²) in [6.45, 7) is 1.10. The van der Waals surface area contributed by atoms with Gasteiger partial charge in [-0.3, -0.25) is 4.79 Å². The van der Waals surface area contributed by atoms with E-state index in [1.54, 1.807) is 6.92 Å². The molecule has 0 saturated carbocycles. The summed E-state index contributed by atoms with van der Waals surface area (Å²) in [6, 6.07) is 3.57. The van der Waals surface area contributed by atoms with E-state index in [-0.39, 0.29) is 40.8 Å². The molecular weight excluding hydrogens is 395 g/mol. The molecule has 1 heterocycles. The van der Waals surface area contributed by atoms with Gasteiger partial charge in [-0.05, 0) is 25.1 Å². The van der Waals surface area contributed by atoms with Crippen LogP contribution in [0.2, 0.25) is 5.02 Å². The van der Waals surface area contributed by atoms with Crippen molar-refractivity contribution in [3.05, 3.63) is 51.6 Å². The van der Waals surface area contributed by atoms with Crippen molar-refractivity contribution in [2.45, 2.75) is 20.1 Å². The average Bonchev–Trinajstić information content (AvgIpc) is 3.01. The van der Waals surface area contributed by atoms with Crippen LogP contribution in [0, 0.1) is 5.82 Å². The Labute approximate surface area is 165 Å². The molecule has 0 fully saturated rings. The fourth-order valence-corrected chi connectivity index (χ4v) is 2.60. The van der Waals surface area contributed by atoms with Crippen molar-refractivity contribution in [1.82, 2.24) is 9.78 Å². The van der Waals surface area contributed by atoms with Gasteiger partial charge in [0.15, 0.2) is 17.2 Å². The number of halogens is 2. The molecule has 2 rings (SSSR count). The smallest absolute Gasteiger partial charge is 0.358 e. The summed E-state index contributed by atoms with van der Waals surface area (Å²) in [5, 5.41) is 3.90. The molecule has 0 radical (unpaired) electrons. The quantitative estimate of drug-likeness (QED) is 0.485. The van der Waals surface area contributed by atoms with Gasteiger partial charge in [0.2, 0.25) is 0 Å². The van der Waals surface area contributed by atoms with E-state index in [4.69, 9.17) is 21.1 Å². The van der Waals surface area contributed by atoms with E-state index in [1.807, 2.05) is 0 Å². The fraction of sp³-hybridized carbons (Fsp3) is 0.333. The monoisotopic (exact) mass is 412 g/mol. The molecule has 150 valence electrons. The van der Waals surface area contributed by atoms with Crippen molar-refractivity contribution in [2.75, 3.05) is 20.8 Å². The summed E-state index contributed by atoms with van der Waals surface area (Å²) in [6.07, 6.45) is 0. The first-order valence-corrected chi connectivity index (χ1v) is 8.54. The van der Waals surface area contributed by atoms with Gasteiger partial charge in [0.25, 0.3) is 0 Å². The van der Waals surface area contributed by atoms with Gasteiger partial charge < -0.3 is 14.2 Å². The van der Waals surface area contributed by atoms with E-state index in [9.17, 15) is 18.8 Å². The molecule has 0 N–H and O–H groups in total. The minimum Gasteiger partial charge on any atom is -0.464 e. The summed E-state index contributed by atoms with van der Waals surface area (Å²) in [5.74, 6) is -2.90. The van der Waals surface area contributed by atoms with Gasteiger partial charge in [-0.2, -0.15) is 5.10 Å². The van der Waals surface area contributed by atoms with Gasteiger partial charge in [0.1, 0.15) is 12.4 Å². The second-order valence-electron chi connectivity index (χ2n) is 5.53. The molecule has 0 spiro atoms. The van der Waals surface area contributed by atoms with E-state index in [0.29, 0.717) is 0 Å². The zero-order valence-corrected chi connectivity index (χ0v) is 16.2. The van der Waals surface area contributed by atoms with Crippen molar-refractivity contribution in [3.8, 4) is 0 Å². The molecule has 0 aliphatic carbocycles. The highest BCUT2D eigenvalue weighted by molar-refractivity contribution is 6.30. The molecule has 0 unspecified atom stereocenters. The van der Waals surface area contributed by atoms with Crippen LogP contribution in [0.15, 0.2) is 18.2 Å². The van der Waals surface area contributed by atoms with Gasteiger partial charge >= 0.3 is 11.9 Å². The number of carbonyl (C=O) groups excluding carboxylic acids is 3. The molecule has 0 amide bonds. The van der Waals surface area contributed by atoms with Crippen molar-refractivity contribution in [3.63, 3.8) is 0 Å². The number of methoxy groups -OCH3 is 2. The van der Waals surface area contributed by atoms with Gasteiger partial charge in [-0.1, -0.05) is 11.6 Å². The number of rotatable bonds is 8. The number of Topliss-reactive ketones (excluding diaryl/α,β-unsaturated/α-hetero) is 1. The molecule has 1 aromatic carbocycles. The van der Waals surface area contributed by atoms with Crippen molar-refractivity contribution in [1.29, 1.82) is 0 Å². The molecule has 0 bridgehead atoms. The van der Waals surface area contributed by atoms with E-state index in [1.165, 1.54) is 19.2 Å². The Morgan fingerprint density at radius 1 is 1.21 bits per heavy atom. The first-order chi connectivity index (χ1) is 13.3. The third kappa shape index (κ3) is 4.55. The van der Waals surface area contributed by atoms with Gasteiger partial charge in [0.05, 0.1) is 25.3 Å². The molecule has 0 aliphatic rings.